The number of carbonyl (C=O) groups excluding carboxylic acids is 3. The number of carbonyl (C=O) groups is 3. The fraction of sp³-hybridized carbons (Fsp3) is 0.488. The highest BCUT2D eigenvalue weighted by molar-refractivity contribution is 5.91. The molecule has 1 atom stereocenters. The van der Waals surface area contributed by atoms with Crippen molar-refractivity contribution in [2.75, 3.05) is 6.61 Å². The predicted molar refractivity (Wildman–Crippen MR) is 189 cm³/mol. The first-order valence-electron chi connectivity index (χ1n) is 17.8. The van der Waals surface area contributed by atoms with E-state index in [-0.39, 0.29) is 11.9 Å². The molecule has 0 aromatic heterocycles. The van der Waals surface area contributed by atoms with Gasteiger partial charge in [0.2, 0.25) is 0 Å². The molecule has 0 aliphatic rings. The van der Waals surface area contributed by atoms with E-state index < -0.39 is 5.97 Å². The van der Waals surface area contributed by atoms with E-state index in [0.29, 0.717) is 41.6 Å². The second-order valence-corrected chi connectivity index (χ2v) is 12.6. The molecule has 0 unspecified atom stereocenters. The Morgan fingerprint density at radius 1 is 0.532 bits per heavy atom. The molecule has 0 heterocycles. The Labute approximate surface area is 282 Å². The third-order valence-electron chi connectivity index (χ3n) is 8.52. The Hall–Kier alpha value is -3.93. The Morgan fingerprint density at radius 3 is 1.49 bits per heavy atom. The average molecular weight is 643 g/mol. The van der Waals surface area contributed by atoms with Gasteiger partial charge in [0.15, 0.2) is 0 Å². The van der Waals surface area contributed by atoms with Crippen LogP contribution < -0.4 is 9.47 Å². The summed E-state index contributed by atoms with van der Waals surface area (Å²) in [6.07, 6.45) is 17.8. The maximum atomic E-state index is 12.7. The number of esters is 3. The van der Waals surface area contributed by atoms with Crippen molar-refractivity contribution < 1.29 is 28.6 Å². The van der Waals surface area contributed by atoms with Gasteiger partial charge in [0, 0.05) is 6.42 Å². The largest absolute Gasteiger partial charge is 0.462 e. The molecule has 47 heavy (non-hydrogen) atoms. The first-order chi connectivity index (χ1) is 22.9. The van der Waals surface area contributed by atoms with Gasteiger partial charge in [-0.15, -0.1) is 0 Å². The fourth-order valence-electron chi connectivity index (χ4n) is 5.23. The van der Waals surface area contributed by atoms with Crippen molar-refractivity contribution in [3.8, 4) is 22.6 Å². The lowest BCUT2D eigenvalue weighted by atomic mass is 10.0. The van der Waals surface area contributed by atoms with Crippen molar-refractivity contribution in [2.45, 2.75) is 117 Å². The SMILES string of the molecule is CCCCCCCCCCCCCCCC(=O)Oc1ccc(C(=O)Oc2ccc(-c3ccc(C(=O)OC[C@@H](C)CC)cc3)cc2)cc1. The summed E-state index contributed by atoms with van der Waals surface area (Å²) in [4.78, 5) is 37.2. The molecule has 0 saturated heterocycles. The maximum Gasteiger partial charge on any atom is 0.343 e. The molecule has 6 heteroatoms. The Morgan fingerprint density at radius 2 is 0.957 bits per heavy atom. The molecule has 0 spiro atoms. The monoisotopic (exact) mass is 642 g/mol. The minimum Gasteiger partial charge on any atom is -0.462 e. The molecule has 0 aliphatic heterocycles. The van der Waals surface area contributed by atoms with Gasteiger partial charge in [-0.1, -0.05) is 129 Å². The van der Waals surface area contributed by atoms with E-state index in [1.54, 1.807) is 48.5 Å². The average Bonchev–Trinajstić information content (AvgIpc) is 3.09. The molecule has 0 aliphatic carbocycles. The highest BCUT2D eigenvalue weighted by Gasteiger charge is 2.12. The highest BCUT2D eigenvalue weighted by atomic mass is 16.5. The third-order valence-corrected chi connectivity index (χ3v) is 8.52. The van der Waals surface area contributed by atoms with E-state index in [9.17, 15) is 14.4 Å². The minimum absolute atomic E-state index is 0.250. The van der Waals surface area contributed by atoms with Crippen LogP contribution in [0.1, 0.15) is 138 Å². The van der Waals surface area contributed by atoms with Crippen LogP contribution in [0.25, 0.3) is 11.1 Å². The predicted octanol–water partition coefficient (Wildman–Crippen LogP) is 11.2. The minimum atomic E-state index is -0.497. The van der Waals surface area contributed by atoms with Crippen LogP contribution in [0.3, 0.4) is 0 Å². The van der Waals surface area contributed by atoms with Crippen molar-refractivity contribution >= 4 is 17.9 Å². The van der Waals surface area contributed by atoms with Crippen molar-refractivity contribution in [3.63, 3.8) is 0 Å². The number of hydrogen-bond acceptors (Lipinski definition) is 6. The van der Waals surface area contributed by atoms with Gasteiger partial charge in [0.1, 0.15) is 11.5 Å². The van der Waals surface area contributed by atoms with E-state index in [4.69, 9.17) is 14.2 Å². The standard InChI is InChI=1S/C41H54O6/c1-4-6-7-8-9-10-11-12-13-14-15-16-17-18-39(42)46-37-29-25-36(26-30-37)41(44)47-38-27-23-34(24-28-38)33-19-21-35(22-20-33)40(43)45-31-32(3)5-2/h19-30,32H,4-18,31H2,1-3H3/t32-/m0/s1. The van der Waals surface area contributed by atoms with Crippen LogP contribution >= 0.6 is 0 Å². The van der Waals surface area contributed by atoms with Crippen molar-refractivity contribution in [3.05, 3.63) is 83.9 Å². The summed E-state index contributed by atoms with van der Waals surface area (Å²) >= 11 is 0. The number of unbranched alkanes of at least 4 members (excludes halogenated alkanes) is 12. The van der Waals surface area contributed by atoms with E-state index in [1.807, 2.05) is 31.2 Å². The second-order valence-electron chi connectivity index (χ2n) is 12.6. The lowest BCUT2D eigenvalue weighted by Gasteiger charge is -2.10. The molecule has 3 aromatic rings. The van der Waals surface area contributed by atoms with E-state index >= 15 is 0 Å². The molecule has 3 rings (SSSR count). The van der Waals surface area contributed by atoms with E-state index in [1.165, 1.54) is 64.2 Å². The summed E-state index contributed by atoms with van der Waals surface area (Å²) in [6.45, 7) is 6.79. The zero-order valence-electron chi connectivity index (χ0n) is 28.8. The molecule has 254 valence electrons. The van der Waals surface area contributed by atoms with Crippen LogP contribution in [0.15, 0.2) is 72.8 Å². The topological polar surface area (TPSA) is 78.9 Å². The number of hydrogen-bond donors (Lipinski definition) is 0. The van der Waals surface area contributed by atoms with Gasteiger partial charge in [-0.2, -0.15) is 0 Å². The van der Waals surface area contributed by atoms with Gasteiger partial charge in [-0.3, -0.25) is 4.79 Å². The van der Waals surface area contributed by atoms with Crippen LogP contribution in [0.2, 0.25) is 0 Å². The van der Waals surface area contributed by atoms with Crippen LogP contribution in [0.4, 0.5) is 0 Å². The van der Waals surface area contributed by atoms with Crippen LogP contribution in [-0.4, -0.2) is 24.5 Å². The molecule has 0 N–H and O–H groups in total. The van der Waals surface area contributed by atoms with E-state index in [0.717, 1.165) is 36.8 Å². The summed E-state index contributed by atoms with van der Waals surface area (Å²) in [5.41, 5.74) is 2.73. The first-order valence-corrected chi connectivity index (χ1v) is 17.8. The summed E-state index contributed by atoms with van der Waals surface area (Å²) in [5, 5.41) is 0. The smallest absolute Gasteiger partial charge is 0.343 e. The van der Waals surface area contributed by atoms with Crippen molar-refractivity contribution in [1.29, 1.82) is 0 Å². The van der Waals surface area contributed by atoms with Crippen LogP contribution in [0.5, 0.6) is 11.5 Å². The maximum absolute atomic E-state index is 12.7. The molecule has 0 amide bonds. The van der Waals surface area contributed by atoms with E-state index in [2.05, 4.69) is 13.8 Å². The molecule has 3 aromatic carbocycles. The summed E-state index contributed by atoms with van der Waals surface area (Å²) in [7, 11) is 0. The molecule has 6 nitrogen and oxygen atoms in total. The van der Waals surface area contributed by atoms with Gasteiger partial charge >= 0.3 is 17.9 Å². The highest BCUT2D eigenvalue weighted by Crippen LogP contribution is 2.24. The quantitative estimate of drug-likeness (QED) is 0.0616. The fourth-order valence-corrected chi connectivity index (χ4v) is 5.23. The lowest BCUT2D eigenvalue weighted by Crippen LogP contribution is -2.11. The zero-order chi connectivity index (χ0) is 33.7. The first kappa shape index (κ1) is 37.5. The zero-order valence-corrected chi connectivity index (χ0v) is 28.8. The third kappa shape index (κ3) is 14.6. The summed E-state index contributed by atoms with van der Waals surface area (Å²) < 4.78 is 16.4. The van der Waals surface area contributed by atoms with Crippen LogP contribution in [-0.2, 0) is 9.53 Å². The molecule has 0 bridgehead atoms. The molecule has 0 saturated carbocycles. The second kappa shape index (κ2) is 21.8. The van der Waals surface area contributed by atoms with Crippen LogP contribution in [0, 0.1) is 5.92 Å². The van der Waals surface area contributed by atoms with Crippen molar-refractivity contribution in [1.82, 2.24) is 0 Å². The lowest BCUT2D eigenvalue weighted by molar-refractivity contribution is -0.134. The molecule has 0 radical (unpaired) electrons. The van der Waals surface area contributed by atoms with Gasteiger partial charge < -0.3 is 14.2 Å². The number of benzene rings is 3. The summed E-state index contributed by atoms with van der Waals surface area (Å²) in [5.74, 6) is 0.0917. The van der Waals surface area contributed by atoms with Gasteiger partial charge in [-0.25, -0.2) is 9.59 Å². The molecular weight excluding hydrogens is 588 g/mol. The Bertz CT molecular complexity index is 1330. The number of ether oxygens (including phenoxy) is 3. The normalized spacial score (nSPS) is 11.6. The van der Waals surface area contributed by atoms with Gasteiger partial charge in [0.05, 0.1) is 17.7 Å². The molecule has 0 fully saturated rings. The summed E-state index contributed by atoms with van der Waals surface area (Å²) in [6, 6.07) is 20.9. The Balaban J connectivity index is 1.32. The number of rotatable bonds is 22. The van der Waals surface area contributed by atoms with Gasteiger partial charge in [0.25, 0.3) is 0 Å². The molecular formula is C41H54O6. The Kier molecular flexibility index (Phi) is 17.4. The van der Waals surface area contributed by atoms with Gasteiger partial charge in [-0.05, 0) is 72.0 Å². The van der Waals surface area contributed by atoms with Crippen molar-refractivity contribution in [2.24, 2.45) is 5.92 Å².